The van der Waals surface area contributed by atoms with Crippen molar-refractivity contribution in [1.82, 2.24) is 4.98 Å². The van der Waals surface area contributed by atoms with Crippen LogP contribution in [0.1, 0.15) is 5.69 Å². The minimum atomic E-state index is 0.782. The Morgan fingerprint density at radius 2 is 1.71 bits per heavy atom. The maximum Gasteiger partial charge on any atom is 0.130 e. The molecule has 21 heavy (non-hydrogen) atoms. The van der Waals surface area contributed by atoms with Crippen LogP contribution in [0.2, 0.25) is 0 Å². The molecule has 0 spiro atoms. The zero-order valence-corrected chi connectivity index (χ0v) is 12.4. The van der Waals surface area contributed by atoms with Gasteiger partial charge in [-0.15, -0.1) is 0 Å². The van der Waals surface area contributed by atoms with Gasteiger partial charge in [0.15, 0.2) is 0 Å². The summed E-state index contributed by atoms with van der Waals surface area (Å²) < 4.78 is 10.8. The van der Waals surface area contributed by atoms with Crippen molar-refractivity contribution in [3.05, 3.63) is 54.2 Å². The van der Waals surface area contributed by atoms with E-state index in [1.54, 1.807) is 14.2 Å². The highest BCUT2D eigenvalue weighted by molar-refractivity contribution is 5.96. The number of aryl methyl sites for hydroxylation is 1. The molecule has 1 heterocycles. The number of nitrogens with zero attached hydrogens (tertiary/aromatic N) is 1. The first-order valence-corrected chi connectivity index (χ1v) is 6.81. The van der Waals surface area contributed by atoms with E-state index in [9.17, 15) is 0 Å². The van der Waals surface area contributed by atoms with E-state index in [0.717, 1.165) is 39.2 Å². The Morgan fingerprint density at radius 3 is 2.48 bits per heavy atom. The number of benzene rings is 2. The lowest BCUT2D eigenvalue weighted by molar-refractivity contribution is 0.395. The maximum atomic E-state index is 5.51. The second kappa shape index (κ2) is 5.44. The first kappa shape index (κ1) is 13.4. The van der Waals surface area contributed by atoms with Crippen LogP contribution in [0, 0.1) is 6.92 Å². The lowest BCUT2D eigenvalue weighted by atomic mass is 9.99. The van der Waals surface area contributed by atoms with Crippen LogP contribution in [0.15, 0.2) is 48.5 Å². The average molecular weight is 279 g/mol. The van der Waals surface area contributed by atoms with Gasteiger partial charge in [0.2, 0.25) is 0 Å². The van der Waals surface area contributed by atoms with Gasteiger partial charge in [0.1, 0.15) is 11.5 Å². The molecule has 0 bridgehead atoms. The van der Waals surface area contributed by atoms with E-state index >= 15 is 0 Å². The third kappa shape index (κ3) is 2.42. The van der Waals surface area contributed by atoms with Crippen LogP contribution in [-0.2, 0) is 0 Å². The van der Waals surface area contributed by atoms with Gasteiger partial charge < -0.3 is 9.47 Å². The molecule has 0 fully saturated rings. The molecule has 2 aromatic carbocycles. The molecule has 0 aliphatic heterocycles. The molecule has 0 N–H and O–H groups in total. The summed E-state index contributed by atoms with van der Waals surface area (Å²) in [5, 5.41) is 1.12. The number of aromatic nitrogens is 1. The number of hydrogen-bond donors (Lipinski definition) is 0. The molecule has 0 atom stereocenters. The Bertz CT molecular complexity index is 796. The van der Waals surface area contributed by atoms with Gasteiger partial charge in [-0.2, -0.15) is 0 Å². The van der Waals surface area contributed by atoms with Crippen molar-refractivity contribution in [3.63, 3.8) is 0 Å². The summed E-state index contributed by atoms with van der Waals surface area (Å²) in [5.41, 5.74) is 4.15. The summed E-state index contributed by atoms with van der Waals surface area (Å²) in [5.74, 6) is 1.58. The van der Waals surface area contributed by atoms with Gasteiger partial charge in [-0.3, -0.25) is 4.98 Å². The van der Waals surface area contributed by atoms with Crippen molar-refractivity contribution < 1.29 is 9.47 Å². The molecule has 0 saturated heterocycles. The largest absolute Gasteiger partial charge is 0.497 e. The van der Waals surface area contributed by atoms with Crippen molar-refractivity contribution in [2.45, 2.75) is 6.92 Å². The molecule has 0 saturated carbocycles. The van der Waals surface area contributed by atoms with Gasteiger partial charge in [-0.05, 0) is 36.8 Å². The highest BCUT2D eigenvalue weighted by atomic mass is 16.5. The number of fused-ring (bicyclic) bond motifs is 1. The van der Waals surface area contributed by atoms with Crippen molar-refractivity contribution in [2.75, 3.05) is 14.2 Å². The Hall–Kier alpha value is -2.55. The molecule has 3 heteroatoms. The quantitative estimate of drug-likeness (QED) is 0.719. The fourth-order valence-electron chi connectivity index (χ4n) is 2.51. The summed E-state index contributed by atoms with van der Waals surface area (Å²) in [6.07, 6.45) is 0. The zero-order valence-electron chi connectivity index (χ0n) is 12.4. The Labute approximate surface area is 124 Å². The second-order valence-electron chi connectivity index (χ2n) is 4.89. The van der Waals surface area contributed by atoms with Crippen molar-refractivity contribution >= 4 is 10.9 Å². The molecule has 0 aliphatic rings. The molecule has 0 amide bonds. The molecule has 106 valence electrons. The van der Waals surface area contributed by atoms with E-state index < -0.39 is 0 Å². The van der Waals surface area contributed by atoms with Gasteiger partial charge in [-0.1, -0.05) is 18.2 Å². The predicted octanol–water partition coefficient (Wildman–Crippen LogP) is 4.23. The number of methoxy groups -OCH3 is 2. The topological polar surface area (TPSA) is 31.4 Å². The molecule has 0 aliphatic carbocycles. The normalized spacial score (nSPS) is 10.6. The van der Waals surface area contributed by atoms with Gasteiger partial charge >= 0.3 is 0 Å². The lowest BCUT2D eigenvalue weighted by Gasteiger charge is -2.12. The van der Waals surface area contributed by atoms with E-state index in [1.807, 2.05) is 43.3 Å². The maximum absolute atomic E-state index is 5.51. The molecule has 3 nitrogen and oxygen atoms in total. The van der Waals surface area contributed by atoms with Crippen LogP contribution in [-0.4, -0.2) is 19.2 Å². The molecular formula is C18H17NO2. The number of rotatable bonds is 3. The predicted molar refractivity (Wildman–Crippen MR) is 85.0 cm³/mol. The molecular weight excluding hydrogens is 262 g/mol. The summed E-state index contributed by atoms with van der Waals surface area (Å²) in [6.45, 7) is 2.00. The van der Waals surface area contributed by atoms with E-state index in [0.29, 0.717) is 0 Å². The SMILES string of the molecule is COc1ccc(-c2cccc3nc(C)ccc23)c(OC)c1. The van der Waals surface area contributed by atoms with Crippen LogP contribution in [0.25, 0.3) is 22.0 Å². The zero-order chi connectivity index (χ0) is 14.8. The minimum absolute atomic E-state index is 0.782. The van der Waals surface area contributed by atoms with E-state index in [-0.39, 0.29) is 0 Å². The Kier molecular flexibility index (Phi) is 3.48. The smallest absolute Gasteiger partial charge is 0.130 e. The van der Waals surface area contributed by atoms with E-state index in [1.165, 1.54) is 0 Å². The van der Waals surface area contributed by atoms with Gasteiger partial charge in [0, 0.05) is 22.7 Å². The molecule has 0 unspecified atom stereocenters. The van der Waals surface area contributed by atoms with Crippen molar-refractivity contribution in [2.24, 2.45) is 0 Å². The van der Waals surface area contributed by atoms with Crippen molar-refractivity contribution in [3.8, 4) is 22.6 Å². The van der Waals surface area contributed by atoms with Crippen molar-refractivity contribution in [1.29, 1.82) is 0 Å². The summed E-state index contributed by atoms with van der Waals surface area (Å²) in [7, 11) is 3.32. The van der Waals surface area contributed by atoms with E-state index in [2.05, 4.69) is 17.1 Å². The minimum Gasteiger partial charge on any atom is -0.497 e. The van der Waals surface area contributed by atoms with Crippen LogP contribution >= 0.6 is 0 Å². The fraction of sp³-hybridized carbons (Fsp3) is 0.167. The molecule has 3 aromatic rings. The number of hydrogen-bond acceptors (Lipinski definition) is 3. The second-order valence-corrected chi connectivity index (χ2v) is 4.89. The fourth-order valence-corrected chi connectivity index (χ4v) is 2.51. The lowest BCUT2D eigenvalue weighted by Crippen LogP contribution is -1.92. The highest BCUT2D eigenvalue weighted by Gasteiger charge is 2.11. The average Bonchev–Trinajstić information content (AvgIpc) is 2.53. The number of pyridine rings is 1. The first-order valence-electron chi connectivity index (χ1n) is 6.81. The summed E-state index contributed by atoms with van der Waals surface area (Å²) in [4.78, 5) is 4.59. The van der Waals surface area contributed by atoms with Crippen LogP contribution in [0.5, 0.6) is 11.5 Å². The molecule has 0 radical (unpaired) electrons. The first-order chi connectivity index (χ1) is 10.2. The standard InChI is InChI=1S/C18H17NO2/c1-12-7-9-15-14(5-4-6-17(15)19-12)16-10-8-13(20-2)11-18(16)21-3/h4-11H,1-3H3. The highest BCUT2D eigenvalue weighted by Crippen LogP contribution is 2.36. The summed E-state index contributed by atoms with van der Waals surface area (Å²) >= 11 is 0. The van der Waals surface area contributed by atoms with Gasteiger partial charge in [0.05, 0.1) is 19.7 Å². The molecule has 3 rings (SSSR count). The Morgan fingerprint density at radius 1 is 0.857 bits per heavy atom. The third-order valence-electron chi connectivity index (χ3n) is 3.57. The van der Waals surface area contributed by atoms with Gasteiger partial charge in [0.25, 0.3) is 0 Å². The third-order valence-corrected chi connectivity index (χ3v) is 3.57. The van der Waals surface area contributed by atoms with Crippen LogP contribution < -0.4 is 9.47 Å². The van der Waals surface area contributed by atoms with Gasteiger partial charge in [-0.25, -0.2) is 0 Å². The van der Waals surface area contributed by atoms with Crippen LogP contribution in [0.4, 0.5) is 0 Å². The monoisotopic (exact) mass is 279 g/mol. The molecule has 1 aromatic heterocycles. The van der Waals surface area contributed by atoms with Crippen LogP contribution in [0.3, 0.4) is 0 Å². The van der Waals surface area contributed by atoms with E-state index in [4.69, 9.17) is 9.47 Å². The number of ether oxygens (including phenoxy) is 2. The Balaban J connectivity index is 2.25. The summed E-state index contributed by atoms with van der Waals surface area (Å²) in [6, 6.07) is 16.1.